The van der Waals surface area contributed by atoms with Crippen molar-refractivity contribution in [3.8, 4) is 0 Å². The van der Waals surface area contributed by atoms with Crippen molar-refractivity contribution in [2.45, 2.75) is 39.7 Å². The van der Waals surface area contributed by atoms with Gasteiger partial charge in [0.2, 0.25) is 5.91 Å². The molecule has 8 heteroatoms. The summed E-state index contributed by atoms with van der Waals surface area (Å²) in [4.78, 5) is 22.7. The molecule has 25 heavy (non-hydrogen) atoms. The lowest BCUT2D eigenvalue weighted by molar-refractivity contribution is -0.137. The van der Waals surface area contributed by atoms with Crippen molar-refractivity contribution in [2.24, 2.45) is 0 Å². The number of amides is 1. The molecule has 0 bridgehead atoms. The molecule has 0 aliphatic carbocycles. The molecule has 0 aliphatic rings. The molecule has 1 aromatic carbocycles. The highest BCUT2D eigenvalue weighted by Crippen LogP contribution is 2.20. The van der Waals surface area contributed by atoms with Crippen LogP contribution in [-0.2, 0) is 22.4 Å². The van der Waals surface area contributed by atoms with Crippen molar-refractivity contribution >= 4 is 17.6 Å². The van der Waals surface area contributed by atoms with Gasteiger partial charge in [-0.05, 0) is 38.0 Å². The number of halogens is 2. The molecular formula is C17H19F2N3O3. The molecular weight excluding hydrogens is 332 g/mol. The van der Waals surface area contributed by atoms with Crippen molar-refractivity contribution in [3.63, 3.8) is 0 Å². The number of benzene rings is 1. The number of aryl methyl sites for hydroxylation is 2. The fourth-order valence-electron chi connectivity index (χ4n) is 2.51. The lowest BCUT2D eigenvalue weighted by Crippen LogP contribution is -2.15. The Hall–Kier alpha value is -2.77. The van der Waals surface area contributed by atoms with Gasteiger partial charge in [-0.15, -0.1) is 0 Å². The number of carboxylic acids is 1. The van der Waals surface area contributed by atoms with E-state index < -0.39 is 12.5 Å². The van der Waals surface area contributed by atoms with Gasteiger partial charge in [-0.3, -0.25) is 9.59 Å². The van der Waals surface area contributed by atoms with Gasteiger partial charge in [-0.2, -0.15) is 13.9 Å². The number of hydrogen-bond acceptors (Lipinski definition) is 3. The van der Waals surface area contributed by atoms with Gasteiger partial charge in [-0.25, -0.2) is 4.68 Å². The maximum absolute atomic E-state index is 12.8. The van der Waals surface area contributed by atoms with E-state index in [9.17, 15) is 18.4 Å². The number of aromatic nitrogens is 2. The average molecular weight is 351 g/mol. The lowest BCUT2D eigenvalue weighted by Gasteiger charge is -2.07. The number of carbonyl (C=O) groups is 2. The van der Waals surface area contributed by atoms with E-state index in [-0.39, 0.29) is 24.4 Å². The number of aliphatic carboxylic acids is 1. The minimum atomic E-state index is -2.74. The highest BCUT2D eigenvalue weighted by Gasteiger charge is 2.19. The van der Waals surface area contributed by atoms with Gasteiger partial charge < -0.3 is 10.4 Å². The Morgan fingerprint density at radius 2 is 1.88 bits per heavy atom. The van der Waals surface area contributed by atoms with Crippen molar-refractivity contribution in [1.82, 2.24) is 9.78 Å². The summed E-state index contributed by atoms with van der Waals surface area (Å²) in [5.74, 6) is -1.20. The number of anilines is 1. The molecule has 2 rings (SSSR count). The molecule has 2 aromatic rings. The molecule has 0 radical (unpaired) electrons. The van der Waals surface area contributed by atoms with Crippen LogP contribution in [-0.4, -0.2) is 26.8 Å². The Kier molecular flexibility index (Phi) is 5.84. The standard InChI is InChI=1S/C17H19F2N3O3/c1-10-14(11(2)22(21-10)17(18)19)9-15(23)20-13-6-3-12(4-7-13)5-8-16(24)25/h3-4,6-7,17H,5,8-9H2,1-2H3,(H,20,23)(H,24,25). The van der Waals surface area contributed by atoms with E-state index in [0.717, 1.165) is 5.56 Å². The van der Waals surface area contributed by atoms with E-state index in [0.29, 0.717) is 28.0 Å². The number of alkyl halides is 2. The van der Waals surface area contributed by atoms with Crippen LogP contribution in [0.25, 0.3) is 0 Å². The van der Waals surface area contributed by atoms with Crippen LogP contribution in [0.5, 0.6) is 0 Å². The maximum atomic E-state index is 12.8. The first-order valence-corrected chi connectivity index (χ1v) is 7.71. The number of nitrogens with zero attached hydrogens (tertiary/aromatic N) is 2. The summed E-state index contributed by atoms with van der Waals surface area (Å²) in [6, 6.07) is 6.84. The summed E-state index contributed by atoms with van der Waals surface area (Å²) in [6.45, 7) is 0.353. The number of carbonyl (C=O) groups excluding carboxylic acids is 1. The van der Waals surface area contributed by atoms with E-state index in [1.807, 2.05) is 0 Å². The molecule has 0 aliphatic heterocycles. The first kappa shape index (κ1) is 18.6. The fourth-order valence-corrected chi connectivity index (χ4v) is 2.51. The van der Waals surface area contributed by atoms with Gasteiger partial charge >= 0.3 is 12.5 Å². The van der Waals surface area contributed by atoms with Crippen molar-refractivity contribution in [3.05, 3.63) is 46.8 Å². The van der Waals surface area contributed by atoms with Gasteiger partial charge in [0.15, 0.2) is 0 Å². The lowest BCUT2D eigenvalue weighted by atomic mass is 10.1. The second-order valence-corrected chi connectivity index (χ2v) is 5.69. The third kappa shape index (κ3) is 4.85. The smallest absolute Gasteiger partial charge is 0.333 e. The third-order valence-corrected chi connectivity index (χ3v) is 3.86. The predicted octanol–water partition coefficient (Wildman–Crippen LogP) is 3.09. The SMILES string of the molecule is Cc1nn(C(F)F)c(C)c1CC(=O)Nc1ccc(CCC(=O)O)cc1. The van der Waals surface area contributed by atoms with Crippen LogP contribution in [0, 0.1) is 13.8 Å². The molecule has 0 saturated heterocycles. The number of carboxylic acid groups (broad SMARTS) is 1. The Balaban J connectivity index is 2.00. The van der Waals surface area contributed by atoms with Crippen molar-refractivity contribution < 1.29 is 23.5 Å². The summed E-state index contributed by atoms with van der Waals surface area (Å²) < 4.78 is 26.2. The first-order chi connectivity index (χ1) is 11.8. The van der Waals surface area contributed by atoms with Crippen molar-refractivity contribution in [2.75, 3.05) is 5.32 Å². The van der Waals surface area contributed by atoms with Gasteiger partial charge in [-0.1, -0.05) is 12.1 Å². The summed E-state index contributed by atoms with van der Waals surface area (Å²) in [5, 5.41) is 15.1. The molecule has 2 N–H and O–H groups in total. The number of nitrogens with one attached hydrogen (secondary N) is 1. The summed E-state index contributed by atoms with van der Waals surface area (Å²) in [7, 11) is 0. The number of hydrogen-bond donors (Lipinski definition) is 2. The average Bonchev–Trinajstić information content (AvgIpc) is 2.82. The maximum Gasteiger partial charge on any atom is 0.333 e. The molecule has 1 heterocycles. The minimum Gasteiger partial charge on any atom is -0.481 e. The summed E-state index contributed by atoms with van der Waals surface area (Å²) in [5.41, 5.74) is 2.56. The van der Waals surface area contributed by atoms with Gasteiger partial charge in [0.05, 0.1) is 12.1 Å². The predicted molar refractivity (Wildman–Crippen MR) is 87.7 cm³/mol. The van der Waals surface area contributed by atoms with E-state index in [1.165, 1.54) is 6.92 Å². The molecule has 0 saturated carbocycles. The quantitative estimate of drug-likeness (QED) is 0.803. The van der Waals surface area contributed by atoms with Crippen LogP contribution in [0.2, 0.25) is 0 Å². The molecule has 134 valence electrons. The zero-order valence-corrected chi connectivity index (χ0v) is 13.9. The van der Waals surface area contributed by atoms with Crippen LogP contribution < -0.4 is 5.32 Å². The van der Waals surface area contributed by atoms with Crippen LogP contribution in [0.15, 0.2) is 24.3 Å². The molecule has 0 spiro atoms. The van der Waals surface area contributed by atoms with E-state index >= 15 is 0 Å². The largest absolute Gasteiger partial charge is 0.481 e. The summed E-state index contributed by atoms with van der Waals surface area (Å²) in [6.07, 6.45) is 0.401. The van der Waals surface area contributed by atoms with Crippen LogP contribution in [0.4, 0.5) is 14.5 Å². The highest BCUT2D eigenvalue weighted by atomic mass is 19.3. The summed E-state index contributed by atoms with van der Waals surface area (Å²) >= 11 is 0. The first-order valence-electron chi connectivity index (χ1n) is 7.71. The normalized spacial score (nSPS) is 10.9. The number of rotatable bonds is 7. The zero-order valence-electron chi connectivity index (χ0n) is 13.9. The van der Waals surface area contributed by atoms with E-state index in [1.54, 1.807) is 31.2 Å². The van der Waals surface area contributed by atoms with Crippen LogP contribution in [0.3, 0.4) is 0 Å². The van der Waals surface area contributed by atoms with E-state index in [4.69, 9.17) is 5.11 Å². The monoisotopic (exact) mass is 351 g/mol. The molecule has 6 nitrogen and oxygen atoms in total. The molecule has 1 amide bonds. The minimum absolute atomic E-state index is 0.0401. The van der Waals surface area contributed by atoms with E-state index in [2.05, 4.69) is 10.4 Å². The highest BCUT2D eigenvalue weighted by molar-refractivity contribution is 5.92. The van der Waals surface area contributed by atoms with Gasteiger partial charge in [0.25, 0.3) is 0 Å². The van der Waals surface area contributed by atoms with Crippen molar-refractivity contribution in [1.29, 1.82) is 0 Å². The Morgan fingerprint density at radius 3 is 2.40 bits per heavy atom. The molecule has 1 aromatic heterocycles. The Bertz CT molecular complexity index is 770. The van der Waals surface area contributed by atoms with Gasteiger partial charge in [0.1, 0.15) is 0 Å². The fraction of sp³-hybridized carbons (Fsp3) is 0.353. The topological polar surface area (TPSA) is 84.2 Å². The van der Waals surface area contributed by atoms with Crippen LogP contribution in [0.1, 0.15) is 35.5 Å². The Labute approximate surface area is 143 Å². The van der Waals surface area contributed by atoms with Crippen LogP contribution >= 0.6 is 0 Å². The second kappa shape index (κ2) is 7.87. The molecule has 0 unspecified atom stereocenters. The molecule has 0 fully saturated rings. The van der Waals surface area contributed by atoms with Gasteiger partial charge in [0, 0.05) is 23.4 Å². The second-order valence-electron chi connectivity index (χ2n) is 5.69. The zero-order chi connectivity index (χ0) is 18.6. The third-order valence-electron chi connectivity index (χ3n) is 3.86. The molecule has 0 atom stereocenters. The Morgan fingerprint density at radius 1 is 1.24 bits per heavy atom.